The molecule has 6 heteroatoms. The molecule has 1 aromatic rings. The van der Waals surface area contributed by atoms with Crippen LogP contribution < -0.4 is 5.32 Å². The van der Waals surface area contributed by atoms with Gasteiger partial charge >= 0.3 is 0 Å². The van der Waals surface area contributed by atoms with Crippen LogP contribution in [0.25, 0.3) is 0 Å². The molecule has 1 aliphatic heterocycles. The predicted molar refractivity (Wildman–Crippen MR) is 53.5 cm³/mol. The Morgan fingerprint density at radius 2 is 2.57 bits per heavy atom. The van der Waals surface area contributed by atoms with Crippen LogP contribution in [0.1, 0.15) is 16.2 Å². The Bertz CT molecular complexity index is 386. The zero-order chi connectivity index (χ0) is 9.97. The van der Waals surface area contributed by atoms with Gasteiger partial charge in [-0.2, -0.15) is 0 Å². The van der Waals surface area contributed by atoms with Crippen molar-refractivity contribution in [1.29, 1.82) is 0 Å². The third kappa shape index (κ3) is 1.95. The lowest BCUT2D eigenvalue weighted by Gasteiger charge is -1.98. The van der Waals surface area contributed by atoms with Crippen LogP contribution in [0, 0.1) is 6.92 Å². The summed E-state index contributed by atoms with van der Waals surface area (Å²) in [5.74, 6) is 1.28. The third-order valence-electron chi connectivity index (χ3n) is 1.67. The predicted octanol–water partition coefficient (Wildman–Crippen LogP) is 0.816. The van der Waals surface area contributed by atoms with Crippen LogP contribution in [-0.2, 0) is 0 Å². The van der Waals surface area contributed by atoms with Gasteiger partial charge in [-0.3, -0.25) is 15.1 Å². The Labute approximate surface area is 84.9 Å². The molecule has 1 amide bonds. The standard InChI is InChI=1S/C8H9N3O2S/c1-5-4-6(11-13-5)7(12)10-8-9-2-3-14-8/h4H,2-3H2,1H3,(H,9,10,12). The van der Waals surface area contributed by atoms with Crippen LogP contribution in [0.5, 0.6) is 0 Å². The summed E-state index contributed by atoms with van der Waals surface area (Å²) < 4.78 is 4.79. The van der Waals surface area contributed by atoms with E-state index < -0.39 is 0 Å². The molecule has 0 saturated heterocycles. The molecule has 0 fully saturated rings. The zero-order valence-corrected chi connectivity index (χ0v) is 8.43. The molecular weight excluding hydrogens is 202 g/mol. The van der Waals surface area contributed by atoms with Crippen molar-refractivity contribution in [2.45, 2.75) is 6.92 Å². The molecule has 0 unspecified atom stereocenters. The number of thioether (sulfide) groups is 1. The zero-order valence-electron chi connectivity index (χ0n) is 7.61. The Kier molecular flexibility index (Phi) is 2.53. The first-order valence-electron chi connectivity index (χ1n) is 4.17. The van der Waals surface area contributed by atoms with Gasteiger partial charge in [0.2, 0.25) is 0 Å². The van der Waals surface area contributed by atoms with E-state index in [4.69, 9.17) is 4.52 Å². The molecule has 0 bridgehead atoms. The molecule has 1 N–H and O–H groups in total. The molecule has 0 radical (unpaired) electrons. The second-order valence-electron chi connectivity index (χ2n) is 2.81. The number of aromatic nitrogens is 1. The normalized spacial score (nSPS) is 15.4. The van der Waals surface area contributed by atoms with Crippen LogP contribution in [0.15, 0.2) is 15.6 Å². The minimum atomic E-state index is -0.269. The molecule has 0 aliphatic carbocycles. The van der Waals surface area contributed by atoms with Gasteiger partial charge in [-0.15, -0.1) is 0 Å². The first-order chi connectivity index (χ1) is 6.75. The minimum absolute atomic E-state index is 0.269. The maximum absolute atomic E-state index is 11.5. The second kappa shape index (κ2) is 3.83. The SMILES string of the molecule is Cc1cc(C(=O)NC2=NCCS2)no1. The number of aryl methyl sites for hydroxylation is 1. The average molecular weight is 211 g/mol. The molecule has 1 aliphatic rings. The Hall–Kier alpha value is -1.30. The van der Waals surface area contributed by atoms with E-state index >= 15 is 0 Å². The molecule has 14 heavy (non-hydrogen) atoms. The van der Waals surface area contributed by atoms with Crippen LogP contribution >= 0.6 is 11.8 Å². The Morgan fingerprint density at radius 3 is 3.14 bits per heavy atom. The highest BCUT2D eigenvalue weighted by Gasteiger charge is 2.15. The summed E-state index contributed by atoms with van der Waals surface area (Å²) in [6.45, 7) is 2.50. The van der Waals surface area contributed by atoms with E-state index in [9.17, 15) is 4.79 Å². The fourth-order valence-electron chi connectivity index (χ4n) is 1.05. The van der Waals surface area contributed by atoms with E-state index in [-0.39, 0.29) is 11.6 Å². The highest BCUT2D eigenvalue weighted by molar-refractivity contribution is 8.14. The van der Waals surface area contributed by atoms with Gasteiger partial charge in [0, 0.05) is 11.8 Å². The Morgan fingerprint density at radius 1 is 1.71 bits per heavy atom. The number of carbonyl (C=O) groups is 1. The summed E-state index contributed by atoms with van der Waals surface area (Å²) in [5, 5.41) is 6.93. The lowest BCUT2D eigenvalue weighted by Crippen LogP contribution is -2.27. The van der Waals surface area contributed by atoms with E-state index in [2.05, 4.69) is 15.5 Å². The molecule has 0 spiro atoms. The number of nitrogens with zero attached hydrogens (tertiary/aromatic N) is 2. The number of hydrogen-bond acceptors (Lipinski definition) is 5. The monoisotopic (exact) mass is 211 g/mol. The number of nitrogens with one attached hydrogen (secondary N) is 1. The second-order valence-corrected chi connectivity index (χ2v) is 3.90. The lowest BCUT2D eigenvalue weighted by atomic mass is 10.4. The number of amides is 1. The summed E-state index contributed by atoms with van der Waals surface area (Å²) in [6.07, 6.45) is 0. The molecule has 74 valence electrons. The van der Waals surface area contributed by atoms with Crippen LogP contribution in [0.2, 0.25) is 0 Å². The Balaban J connectivity index is 2.02. The van der Waals surface area contributed by atoms with Crippen molar-refractivity contribution in [1.82, 2.24) is 10.5 Å². The maximum Gasteiger partial charge on any atom is 0.279 e. The number of aliphatic imine (C=N–C) groups is 1. The third-order valence-corrected chi connectivity index (χ3v) is 2.56. The number of rotatable bonds is 1. The smallest absolute Gasteiger partial charge is 0.279 e. The highest BCUT2D eigenvalue weighted by Crippen LogP contribution is 2.10. The van der Waals surface area contributed by atoms with Gasteiger partial charge < -0.3 is 4.52 Å². The van der Waals surface area contributed by atoms with Crippen LogP contribution in [-0.4, -0.2) is 28.5 Å². The quantitative estimate of drug-likeness (QED) is 0.746. The summed E-state index contributed by atoms with van der Waals surface area (Å²) in [5.41, 5.74) is 0.290. The number of amidine groups is 1. The highest BCUT2D eigenvalue weighted by atomic mass is 32.2. The van der Waals surface area contributed by atoms with Crippen molar-refractivity contribution in [2.24, 2.45) is 4.99 Å². The van der Waals surface area contributed by atoms with Crippen LogP contribution in [0.3, 0.4) is 0 Å². The number of hydrogen-bond donors (Lipinski definition) is 1. The van der Waals surface area contributed by atoms with Gasteiger partial charge in [-0.05, 0) is 6.92 Å². The molecule has 2 heterocycles. The van der Waals surface area contributed by atoms with Gasteiger partial charge in [0.25, 0.3) is 5.91 Å². The summed E-state index contributed by atoms with van der Waals surface area (Å²) >= 11 is 1.53. The summed E-state index contributed by atoms with van der Waals surface area (Å²) in [6, 6.07) is 1.59. The fourth-order valence-corrected chi connectivity index (χ4v) is 1.77. The van der Waals surface area contributed by atoms with Gasteiger partial charge in [0.15, 0.2) is 10.9 Å². The van der Waals surface area contributed by atoms with Crippen molar-refractivity contribution < 1.29 is 9.32 Å². The van der Waals surface area contributed by atoms with E-state index in [1.807, 2.05) is 0 Å². The van der Waals surface area contributed by atoms with Crippen molar-refractivity contribution in [3.8, 4) is 0 Å². The van der Waals surface area contributed by atoms with Crippen LogP contribution in [0.4, 0.5) is 0 Å². The van der Waals surface area contributed by atoms with Gasteiger partial charge in [0.05, 0.1) is 6.54 Å². The summed E-state index contributed by atoms with van der Waals surface area (Å²) in [4.78, 5) is 15.6. The molecule has 0 atom stereocenters. The van der Waals surface area contributed by atoms with E-state index in [1.54, 1.807) is 13.0 Å². The molecule has 0 aromatic carbocycles. The van der Waals surface area contributed by atoms with Gasteiger partial charge in [-0.1, -0.05) is 16.9 Å². The summed E-state index contributed by atoms with van der Waals surface area (Å²) in [7, 11) is 0. The van der Waals surface area contributed by atoms with Crippen molar-refractivity contribution >= 4 is 22.8 Å². The molecule has 2 rings (SSSR count). The first kappa shape index (κ1) is 9.26. The van der Waals surface area contributed by atoms with Gasteiger partial charge in [-0.25, -0.2) is 0 Å². The van der Waals surface area contributed by atoms with E-state index in [0.29, 0.717) is 10.9 Å². The first-order valence-corrected chi connectivity index (χ1v) is 5.16. The average Bonchev–Trinajstić information content (AvgIpc) is 2.75. The van der Waals surface area contributed by atoms with Gasteiger partial charge in [0.1, 0.15) is 5.76 Å². The number of carbonyl (C=O) groups excluding carboxylic acids is 1. The molecular formula is C8H9N3O2S. The topological polar surface area (TPSA) is 67.5 Å². The lowest BCUT2D eigenvalue weighted by molar-refractivity contribution is 0.0969. The molecule has 1 aromatic heterocycles. The maximum atomic E-state index is 11.5. The largest absolute Gasteiger partial charge is 0.361 e. The van der Waals surface area contributed by atoms with Crippen molar-refractivity contribution in [3.05, 3.63) is 17.5 Å². The molecule has 5 nitrogen and oxygen atoms in total. The van der Waals surface area contributed by atoms with E-state index in [1.165, 1.54) is 11.8 Å². The van der Waals surface area contributed by atoms with Crippen molar-refractivity contribution in [3.63, 3.8) is 0 Å². The van der Waals surface area contributed by atoms with E-state index in [0.717, 1.165) is 12.3 Å². The fraction of sp³-hybridized carbons (Fsp3) is 0.375. The van der Waals surface area contributed by atoms with Crippen molar-refractivity contribution in [2.75, 3.05) is 12.3 Å². The molecule has 0 saturated carbocycles. The minimum Gasteiger partial charge on any atom is -0.361 e.